The molecule has 0 amide bonds. The highest BCUT2D eigenvalue weighted by molar-refractivity contribution is 7.10. The fourth-order valence-corrected chi connectivity index (χ4v) is 6.11. The number of carbonyl (C=O) groups excluding carboxylic acids is 1. The average molecular weight is 542 g/mol. The Labute approximate surface area is 226 Å². The van der Waals surface area contributed by atoms with E-state index < -0.39 is 12.0 Å². The molecule has 4 aromatic rings. The van der Waals surface area contributed by atoms with Crippen LogP contribution in [-0.2, 0) is 16.1 Å². The molecule has 0 N–H and O–H groups in total. The number of benzene rings is 2. The van der Waals surface area contributed by atoms with E-state index in [9.17, 15) is 14.9 Å². The number of hydrogen-bond donors (Lipinski definition) is 0. The van der Waals surface area contributed by atoms with Crippen LogP contribution in [-0.4, -0.2) is 17.1 Å². The van der Waals surface area contributed by atoms with Gasteiger partial charge in [-0.2, -0.15) is 5.26 Å². The molecule has 0 spiro atoms. The van der Waals surface area contributed by atoms with Crippen molar-refractivity contribution in [1.82, 2.24) is 4.57 Å². The zero-order chi connectivity index (χ0) is 26.6. The molecule has 0 fully saturated rings. The van der Waals surface area contributed by atoms with Crippen LogP contribution in [0.5, 0.6) is 5.75 Å². The maximum absolute atomic E-state index is 13.6. The van der Waals surface area contributed by atoms with Crippen molar-refractivity contribution >= 4 is 34.7 Å². The molecule has 0 aliphatic carbocycles. The summed E-state index contributed by atoms with van der Waals surface area (Å²) in [5, 5.41) is 11.2. The van der Waals surface area contributed by atoms with Crippen LogP contribution in [0.15, 0.2) is 87.1 Å². The van der Waals surface area contributed by atoms with Gasteiger partial charge in [-0.3, -0.25) is 9.36 Å². The lowest BCUT2D eigenvalue weighted by Crippen LogP contribution is -2.39. The van der Waals surface area contributed by atoms with E-state index >= 15 is 0 Å². The summed E-state index contributed by atoms with van der Waals surface area (Å²) in [5.74, 6) is 0.193. The van der Waals surface area contributed by atoms with Gasteiger partial charge in [-0.05, 0) is 55.1 Å². The number of esters is 1. The summed E-state index contributed by atoms with van der Waals surface area (Å²) in [6.07, 6.45) is 1.81. The lowest BCUT2D eigenvalue weighted by molar-refractivity contribution is -0.139. The Bertz CT molecular complexity index is 1740. The number of carbonyl (C=O) groups is 1. The second-order valence-electron chi connectivity index (χ2n) is 8.44. The SMILES string of the molecule is CCOC(=O)C1=C(C)N=c2s/c(=C\c3ccc(OCc4ccccc4C#N)cc3)c(=O)n2[C@H]1c1cccs1. The molecule has 1 aliphatic heterocycles. The third-order valence-electron chi connectivity index (χ3n) is 6.04. The van der Waals surface area contributed by atoms with Gasteiger partial charge in [0.25, 0.3) is 5.56 Å². The number of thiazole rings is 1. The first-order valence-electron chi connectivity index (χ1n) is 11.9. The molecule has 2 aromatic carbocycles. The van der Waals surface area contributed by atoms with Gasteiger partial charge in [-0.15, -0.1) is 11.3 Å². The van der Waals surface area contributed by atoms with E-state index in [2.05, 4.69) is 11.1 Å². The molecule has 1 aliphatic rings. The van der Waals surface area contributed by atoms with Gasteiger partial charge in [0, 0.05) is 10.4 Å². The molecule has 0 saturated heterocycles. The van der Waals surface area contributed by atoms with Gasteiger partial charge in [0.15, 0.2) is 4.80 Å². The van der Waals surface area contributed by atoms with Crippen LogP contribution in [0, 0.1) is 11.3 Å². The smallest absolute Gasteiger partial charge is 0.338 e. The Morgan fingerprint density at radius 1 is 1.16 bits per heavy atom. The van der Waals surface area contributed by atoms with Gasteiger partial charge in [-0.1, -0.05) is 47.7 Å². The summed E-state index contributed by atoms with van der Waals surface area (Å²) in [4.78, 5) is 32.5. The predicted octanol–water partition coefficient (Wildman–Crippen LogP) is 4.31. The number of hydrogen-bond acceptors (Lipinski definition) is 8. The predicted molar refractivity (Wildman–Crippen MR) is 147 cm³/mol. The number of ether oxygens (including phenoxy) is 2. The third kappa shape index (κ3) is 4.96. The second-order valence-corrected chi connectivity index (χ2v) is 10.4. The molecule has 9 heteroatoms. The second kappa shape index (κ2) is 11.0. The Morgan fingerprint density at radius 3 is 2.66 bits per heavy atom. The summed E-state index contributed by atoms with van der Waals surface area (Å²) in [7, 11) is 0. The highest BCUT2D eigenvalue weighted by atomic mass is 32.1. The fourth-order valence-electron chi connectivity index (χ4n) is 4.24. The number of aromatic nitrogens is 1. The summed E-state index contributed by atoms with van der Waals surface area (Å²) < 4.78 is 13.3. The van der Waals surface area contributed by atoms with Gasteiger partial charge in [-0.25, -0.2) is 9.79 Å². The minimum absolute atomic E-state index is 0.213. The first-order chi connectivity index (χ1) is 18.5. The molecule has 0 unspecified atom stereocenters. The van der Waals surface area contributed by atoms with Gasteiger partial charge in [0.2, 0.25) is 0 Å². The monoisotopic (exact) mass is 541 g/mol. The minimum atomic E-state index is -0.584. The topological polar surface area (TPSA) is 93.7 Å². The fraction of sp³-hybridized carbons (Fsp3) is 0.172. The van der Waals surface area contributed by atoms with Gasteiger partial charge in [0.05, 0.1) is 34.0 Å². The molecule has 0 saturated carbocycles. The Morgan fingerprint density at radius 2 is 1.95 bits per heavy atom. The molecular formula is C29H23N3O4S2. The number of rotatable bonds is 7. The van der Waals surface area contributed by atoms with Crippen LogP contribution >= 0.6 is 22.7 Å². The van der Waals surface area contributed by atoms with Crippen molar-refractivity contribution < 1.29 is 14.3 Å². The van der Waals surface area contributed by atoms with E-state index in [1.54, 1.807) is 24.5 Å². The maximum Gasteiger partial charge on any atom is 0.338 e. The van der Waals surface area contributed by atoms with Crippen LogP contribution < -0.4 is 19.6 Å². The molecule has 7 nitrogen and oxygen atoms in total. The zero-order valence-corrected chi connectivity index (χ0v) is 22.3. The summed E-state index contributed by atoms with van der Waals surface area (Å²) in [6, 6.07) is 20.1. The Balaban J connectivity index is 1.46. The van der Waals surface area contributed by atoms with E-state index in [1.165, 1.54) is 22.7 Å². The Kier molecular flexibility index (Phi) is 7.36. The molecule has 0 bridgehead atoms. The van der Waals surface area contributed by atoms with Crippen molar-refractivity contribution in [2.24, 2.45) is 4.99 Å². The lowest BCUT2D eigenvalue weighted by atomic mass is 10.0. The van der Waals surface area contributed by atoms with Gasteiger partial charge >= 0.3 is 5.97 Å². The molecule has 0 radical (unpaired) electrons. The third-order valence-corrected chi connectivity index (χ3v) is 7.95. The zero-order valence-electron chi connectivity index (χ0n) is 20.7. The van der Waals surface area contributed by atoms with Crippen molar-refractivity contribution in [3.63, 3.8) is 0 Å². The first-order valence-corrected chi connectivity index (χ1v) is 13.6. The first kappa shape index (κ1) is 25.4. The summed E-state index contributed by atoms with van der Waals surface area (Å²) >= 11 is 2.77. The van der Waals surface area contributed by atoms with Crippen LogP contribution in [0.2, 0.25) is 0 Å². The number of allylic oxidation sites excluding steroid dienone is 1. The molecule has 2 aromatic heterocycles. The quantitative estimate of drug-likeness (QED) is 0.325. The average Bonchev–Trinajstić information content (AvgIpc) is 3.56. The largest absolute Gasteiger partial charge is 0.489 e. The van der Waals surface area contributed by atoms with Crippen LogP contribution in [0.25, 0.3) is 6.08 Å². The van der Waals surface area contributed by atoms with Crippen molar-refractivity contribution in [1.29, 1.82) is 5.26 Å². The van der Waals surface area contributed by atoms with Crippen LogP contribution in [0.4, 0.5) is 0 Å². The standard InChI is InChI=1S/C29H23N3O4S2/c1-3-35-28(34)25-18(2)31-29-32(26(25)23-9-6-14-37-23)27(33)24(38-29)15-19-10-12-22(13-11-19)36-17-21-8-5-4-7-20(21)16-30/h4-15,26H,3,17H2,1-2H3/b24-15-/t26-/m0/s1. The van der Waals surface area contributed by atoms with Crippen molar-refractivity contribution in [2.75, 3.05) is 6.61 Å². The van der Waals surface area contributed by atoms with Gasteiger partial charge in [0.1, 0.15) is 18.4 Å². The van der Waals surface area contributed by atoms with E-state index in [4.69, 9.17) is 9.47 Å². The van der Waals surface area contributed by atoms with Crippen molar-refractivity contribution in [2.45, 2.75) is 26.5 Å². The summed E-state index contributed by atoms with van der Waals surface area (Å²) in [5.41, 5.74) is 2.95. The molecule has 190 valence electrons. The lowest BCUT2D eigenvalue weighted by Gasteiger charge is -2.23. The van der Waals surface area contributed by atoms with E-state index in [0.29, 0.717) is 31.9 Å². The molecular weight excluding hydrogens is 518 g/mol. The van der Waals surface area contributed by atoms with Crippen molar-refractivity contribution in [3.8, 4) is 11.8 Å². The number of nitriles is 1. The maximum atomic E-state index is 13.6. The van der Waals surface area contributed by atoms with Gasteiger partial charge < -0.3 is 9.47 Å². The number of nitrogens with zero attached hydrogens (tertiary/aromatic N) is 3. The van der Waals surface area contributed by atoms with Crippen LogP contribution in [0.1, 0.15) is 41.5 Å². The molecule has 3 heterocycles. The Hall–Kier alpha value is -4.26. The normalized spacial score (nSPS) is 15.0. The summed E-state index contributed by atoms with van der Waals surface area (Å²) in [6.45, 7) is 4.05. The van der Waals surface area contributed by atoms with E-state index in [0.717, 1.165) is 16.0 Å². The van der Waals surface area contributed by atoms with Crippen LogP contribution in [0.3, 0.4) is 0 Å². The van der Waals surface area contributed by atoms with Crippen molar-refractivity contribution in [3.05, 3.63) is 119 Å². The number of thiophene rings is 1. The molecule has 5 rings (SSSR count). The highest BCUT2D eigenvalue weighted by Crippen LogP contribution is 2.33. The molecule has 1 atom stereocenters. The van der Waals surface area contributed by atoms with E-state index in [1.807, 2.05) is 66.1 Å². The van der Waals surface area contributed by atoms with E-state index in [-0.39, 0.29) is 18.8 Å². The highest BCUT2D eigenvalue weighted by Gasteiger charge is 2.33. The molecule has 38 heavy (non-hydrogen) atoms. The minimum Gasteiger partial charge on any atom is -0.489 e. The number of fused-ring (bicyclic) bond motifs is 1.